The van der Waals surface area contributed by atoms with E-state index in [1.165, 1.54) is 11.3 Å². The van der Waals surface area contributed by atoms with Crippen LogP contribution in [0, 0.1) is 9.39 Å². The molecular weight excluding hydrogens is 310 g/mol. The number of hydrogen-bond acceptors (Lipinski definition) is 1. The van der Waals surface area contributed by atoms with Crippen molar-refractivity contribution in [2.45, 2.75) is 0 Å². The highest BCUT2D eigenvalue weighted by atomic mass is 127. The number of rotatable bonds is 0. The summed E-state index contributed by atoms with van der Waals surface area (Å²) in [6.07, 6.45) is 0. The second-order valence-electron chi connectivity index (χ2n) is 2.32. The molecule has 0 saturated heterocycles. The van der Waals surface area contributed by atoms with Crippen molar-refractivity contribution in [2.75, 3.05) is 0 Å². The van der Waals surface area contributed by atoms with Gasteiger partial charge in [0.15, 0.2) is 5.82 Å². The van der Waals surface area contributed by atoms with E-state index < -0.39 is 0 Å². The van der Waals surface area contributed by atoms with Gasteiger partial charge in [-0.05, 0) is 28.7 Å². The summed E-state index contributed by atoms with van der Waals surface area (Å²) < 4.78 is 15.0. The Balaban J connectivity index is 2.93. The lowest BCUT2D eigenvalue weighted by atomic mass is 10.2. The Morgan fingerprint density at radius 3 is 2.92 bits per heavy atom. The summed E-state index contributed by atoms with van der Waals surface area (Å²) in [4.78, 5) is 0. The average Bonchev–Trinajstić information content (AvgIpc) is 2.41. The number of halogens is 3. The predicted molar refractivity (Wildman–Crippen MR) is 59.5 cm³/mol. The molecule has 4 heteroatoms. The van der Waals surface area contributed by atoms with Gasteiger partial charge in [0, 0.05) is 14.3 Å². The van der Waals surface area contributed by atoms with Gasteiger partial charge in [0.2, 0.25) is 0 Å². The van der Waals surface area contributed by atoms with Crippen molar-refractivity contribution < 1.29 is 4.39 Å². The van der Waals surface area contributed by atoms with Crippen LogP contribution < -0.4 is 0 Å². The molecule has 0 amide bonds. The standard InChI is InChI=1S/C8H3ClFIS/c9-5-2-1-4-6(11)3-12-8(4)7(5)10/h1-3H. The fourth-order valence-corrected chi connectivity index (χ4v) is 3.10. The van der Waals surface area contributed by atoms with Crippen molar-refractivity contribution in [3.63, 3.8) is 0 Å². The van der Waals surface area contributed by atoms with Crippen molar-refractivity contribution in [1.29, 1.82) is 0 Å². The highest BCUT2D eigenvalue weighted by molar-refractivity contribution is 14.1. The summed E-state index contributed by atoms with van der Waals surface area (Å²) in [5.41, 5.74) is 0. The second kappa shape index (κ2) is 3.12. The SMILES string of the molecule is Fc1c(Cl)ccc2c(I)csc12. The van der Waals surface area contributed by atoms with Gasteiger partial charge in [-0.25, -0.2) is 4.39 Å². The quantitative estimate of drug-likeness (QED) is 0.636. The molecule has 0 atom stereocenters. The van der Waals surface area contributed by atoms with Gasteiger partial charge < -0.3 is 0 Å². The zero-order chi connectivity index (χ0) is 8.72. The maximum absolute atomic E-state index is 13.3. The van der Waals surface area contributed by atoms with Crippen molar-refractivity contribution in [2.24, 2.45) is 0 Å². The Morgan fingerprint density at radius 2 is 2.17 bits per heavy atom. The fourth-order valence-electron chi connectivity index (χ4n) is 1.01. The molecule has 1 aromatic carbocycles. The topological polar surface area (TPSA) is 0 Å². The van der Waals surface area contributed by atoms with Crippen LogP contribution in [0.25, 0.3) is 10.1 Å². The minimum Gasteiger partial charge on any atom is -0.204 e. The molecule has 2 aromatic rings. The van der Waals surface area contributed by atoms with Crippen molar-refractivity contribution in [1.82, 2.24) is 0 Å². The third-order valence-electron chi connectivity index (χ3n) is 1.59. The Labute approximate surface area is 91.5 Å². The van der Waals surface area contributed by atoms with Gasteiger partial charge in [-0.2, -0.15) is 0 Å². The molecule has 0 aliphatic heterocycles. The fraction of sp³-hybridized carbons (Fsp3) is 0. The molecule has 12 heavy (non-hydrogen) atoms. The molecule has 0 unspecified atom stereocenters. The molecule has 0 nitrogen and oxygen atoms in total. The van der Waals surface area contributed by atoms with Gasteiger partial charge in [-0.3, -0.25) is 0 Å². The molecule has 2 rings (SSSR count). The highest BCUT2D eigenvalue weighted by Crippen LogP contribution is 2.32. The van der Waals surface area contributed by atoms with Crippen LogP contribution in [0.1, 0.15) is 0 Å². The van der Waals surface area contributed by atoms with Crippen LogP contribution in [-0.2, 0) is 0 Å². The molecule has 0 saturated carbocycles. The molecule has 0 aliphatic rings. The van der Waals surface area contributed by atoms with Crippen LogP contribution in [0.5, 0.6) is 0 Å². The van der Waals surface area contributed by atoms with Crippen LogP contribution in [0.3, 0.4) is 0 Å². The van der Waals surface area contributed by atoms with E-state index in [1.807, 2.05) is 11.4 Å². The first-order valence-corrected chi connectivity index (χ1v) is 5.54. The summed E-state index contributed by atoms with van der Waals surface area (Å²) in [6.45, 7) is 0. The predicted octanol–water partition coefficient (Wildman–Crippen LogP) is 4.30. The molecule has 62 valence electrons. The summed E-state index contributed by atoms with van der Waals surface area (Å²) in [7, 11) is 0. The summed E-state index contributed by atoms with van der Waals surface area (Å²) in [5.74, 6) is -0.304. The number of fused-ring (bicyclic) bond motifs is 1. The van der Waals surface area contributed by atoms with E-state index in [1.54, 1.807) is 6.07 Å². The maximum atomic E-state index is 13.3. The van der Waals surface area contributed by atoms with E-state index in [-0.39, 0.29) is 10.8 Å². The van der Waals surface area contributed by atoms with Crippen molar-refractivity contribution in [3.05, 3.63) is 31.9 Å². The number of benzene rings is 1. The van der Waals surface area contributed by atoms with Gasteiger partial charge >= 0.3 is 0 Å². The number of thiophene rings is 1. The van der Waals surface area contributed by atoms with Crippen LogP contribution in [0.4, 0.5) is 4.39 Å². The monoisotopic (exact) mass is 312 g/mol. The summed E-state index contributed by atoms with van der Waals surface area (Å²) >= 11 is 9.20. The van der Waals surface area contributed by atoms with Crippen LogP contribution in [-0.4, -0.2) is 0 Å². The molecule has 0 fully saturated rings. The highest BCUT2D eigenvalue weighted by Gasteiger charge is 2.08. The molecule has 0 aliphatic carbocycles. The Bertz CT molecular complexity index is 438. The van der Waals surface area contributed by atoms with E-state index in [0.29, 0.717) is 4.70 Å². The molecule has 1 heterocycles. The van der Waals surface area contributed by atoms with E-state index in [0.717, 1.165) is 8.96 Å². The largest absolute Gasteiger partial charge is 0.204 e. The minimum absolute atomic E-state index is 0.195. The van der Waals surface area contributed by atoms with Crippen LogP contribution >= 0.6 is 45.5 Å². The van der Waals surface area contributed by atoms with Gasteiger partial charge in [-0.1, -0.05) is 17.7 Å². The average molecular weight is 313 g/mol. The van der Waals surface area contributed by atoms with E-state index >= 15 is 0 Å². The van der Waals surface area contributed by atoms with E-state index in [9.17, 15) is 4.39 Å². The lowest BCUT2D eigenvalue weighted by Crippen LogP contribution is -1.76. The van der Waals surface area contributed by atoms with Crippen LogP contribution in [0.15, 0.2) is 17.5 Å². The van der Waals surface area contributed by atoms with E-state index in [4.69, 9.17) is 11.6 Å². The second-order valence-corrected chi connectivity index (χ2v) is 4.77. The molecule has 1 aromatic heterocycles. The molecule has 0 radical (unpaired) electrons. The first kappa shape index (κ1) is 8.72. The van der Waals surface area contributed by atoms with Gasteiger partial charge in [-0.15, -0.1) is 11.3 Å². The third kappa shape index (κ3) is 1.24. The normalized spacial score (nSPS) is 10.9. The Hall–Kier alpha value is 0.130. The number of hydrogen-bond donors (Lipinski definition) is 0. The van der Waals surface area contributed by atoms with E-state index in [2.05, 4.69) is 22.6 Å². The first-order valence-electron chi connectivity index (χ1n) is 3.21. The Morgan fingerprint density at radius 1 is 1.42 bits per heavy atom. The summed E-state index contributed by atoms with van der Waals surface area (Å²) in [6, 6.07) is 3.44. The van der Waals surface area contributed by atoms with Crippen LogP contribution in [0.2, 0.25) is 5.02 Å². The molecular formula is C8H3ClFIS. The van der Waals surface area contributed by atoms with Gasteiger partial charge in [0.05, 0.1) is 9.72 Å². The zero-order valence-corrected chi connectivity index (χ0v) is 9.50. The summed E-state index contributed by atoms with van der Waals surface area (Å²) in [5, 5.41) is 3.06. The minimum atomic E-state index is -0.304. The van der Waals surface area contributed by atoms with Crippen molar-refractivity contribution >= 4 is 55.6 Å². The van der Waals surface area contributed by atoms with Gasteiger partial charge in [0.1, 0.15) is 0 Å². The van der Waals surface area contributed by atoms with Gasteiger partial charge in [0.25, 0.3) is 0 Å². The molecule has 0 bridgehead atoms. The smallest absolute Gasteiger partial charge is 0.159 e. The first-order chi connectivity index (χ1) is 5.70. The maximum Gasteiger partial charge on any atom is 0.159 e. The molecule has 0 N–H and O–H groups in total. The third-order valence-corrected chi connectivity index (χ3v) is 4.18. The Kier molecular flexibility index (Phi) is 2.27. The van der Waals surface area contributed by atoms with Crippen molar-refractivity contribution in [3.8, 4) is 0 Å². The molecule has 0 spiro atoms. The zero-order valence-electron chi connectivity index (χ0n) is 5.77. The lowest BCUT2D eigenvalue weighted by Gasteiger charge is -1.94. The lowest BCUT2D eigenvalue weighted by molar-refractivity contribution is 0.642.